The molecule has 0 spiro atoms. The van der Waals surface area contributed by atoms with E-state index in [9.17, 15) is 0 Å². The molecule has 0 unspecified atom stereocenters. The van der Waals surface area contributed by atoms with E-state index >= 15 is 0 Å². The van der Waals surface area contributed by atoms with Crippen LogP contribution in [0.15, 0.2) is 0 Å². The minimum Gasteiger partial charge on any atom is -0.310 e. The summed E-state index contributed by atoms with van der Waals surface area (Å²) >= 11 is 0. The predicted octanol–water partition coefficient (Wildman–Crippen LogP) is 3.10. The highest BCUT2D eigenvalue weighted by atomic mass is 15.3. The fourth-order valence-corrected chi connectivity index (χ4v) is 3.14. The van der Waals surface area contributed by atoms with Crippen LogP contribution in [0.4, 0.5) is 0 Å². The first kappa shape index (κ1) is 13.6. The average Bonchev–Trinajstić information content (AvgIpc) is 2.62. The van der Waals surface area contributed by atoms with Gasteiger partial charge in [0.15, 0.2) is 0 Å². The molecule has 2 rings (SSSR count). The molecule has 1 aromatic rings. The topological polar surface area (TPSA) is 29.9 Å². The van der Waals surface area contributed by atoms with Gasteiger partial charge in [0.1, 0.15) is 0 Å². The molecule has 1 fully saturated rings. The molecule has 1 aliphatic rings. The van der Waals surface area contributed by atoms with Gasteiger partial charge in [-0.2, -0.15) is 5.10 Å². The van der Waals surface area contributed by atoms with Gasteiger partial charge in [-0.15, -0.1) is 0 Å². The maximum Gasteiger partial charge on any atom is 0.0641 e. The van der Waals surface area contributed by atoms with Gasteiger partial charge >= 0.3 is 0 Å². The summed E-state index contributed by atoms with van der Waals surface area (Å²) in [6, 6.07) is 0.629. The molecule has 18 heavy (non-hydrogen) atoms. The van der Waals surface area contributed by atoms with E-state index < -0.39 is 0 Å². The summed E-state index contributed by atoms with van der Waals surface area (Å²) in [6.07, 6.45) is 7.08. The highest BCUT2D eigenvalue weighted by Gasteiger charge is 2.20. The van der Waals surface area contributed by atoms with Crippen molar-refractivity contribution in [3.8, 4) is 0 Å². The van der Waals surface area contributed by atoms with Gasteiger partial charge in [0.25, 0.3) is 0 Å². The normalized spacial score (nSPS) is 19.1. The van der Waals surface area contributed by atoms with Gasteiger partial charge in [0.05, 0.1) is 5.69 Å². The Labute approximate surface area is 111 Å². The van der Waals surface area contributed by atoms with Crippen molar-refractivity contribution >= 4 is 0 Å². The van der Waals surface area contributed by atoms with Crippen molar-refractivity contribution in [1.82, 2.24) is 15.1 Å². The minimum atomic E-state index is 0.629. The highest BCUT2D eigenvalue weighted by molar-refractivity contribution is 5.24. The largest absolute Gasteiger partial charge is 0.310 e. The van der Waals surface area contributed by atoms with Gasteiger partial charge in [-0.25, -0.2) is 0 Å². The third-order valence-electron chi connectivity index (χ3n) is 4.62. The molecule has 0 aliphatic heterocycles. The molecule has 1 N–H and O–H groups in total. The summed E-state index contributed by atoms with van der Waals surface area (Å²) in [4.78, 5) is 0. The fourth-order valence-electron chi connectivity index (χ4n) is 3.14. The van der Waals surface area contributed by atoms with Crippen LogP contribution in [-0.2, 0) is 13.6 Å². The zero-order valence-electron chi connectivity index (χ0n) is 12.3. The molecule has 3 heteroatoms. The summed E-state index contributed by atoms with van der Waals surface area (Å²) < 4.78 is 1.98. The molecule has 3 nitrogen and oxygen atoms in total. The Bertz CT molecular complexity index is 389. The summed E-state index contributed by atoms with van der Waals surface area (Å²) in [5, 5.41) is 8.19. The third kappa shape index (κ3) is 2.94. The van der Waals surface area contributed by atoms with E-state index in [0.29, 0.717) is 6.04 Å². The van der Waals surface area contributed by atoms with E-state index in [-0.39, 0.29) is 0 Å². The van der Waals surface area contributed by atoms with Crippen molar-refractivity contribution in [3.05, 3.63) is 17.0 Å². The minimum absolute atomic E-state index is 0.629. The molecule has 1 heterocycles. The number of nitrogens with zero attached hydrogens (tertiary/aromatic N) is 2. The highest BCUT2D eigenvalue weighted by Crippen LogP contribution is 2.26. The van der Waals surface area contributed by atoms with Crippen molar-refractivity contribution < 1.29 is 0 Å². The standard InChI is InChI=1S/C15H27N3/c1-11(14-8-6-5-7-9-14)16-10-15-12(2)17-18(4)13(15)3/h11,14,16H,5-10H2,1-4H3/t11-/m0/s1. The molecule has 1 atom stereocenters. The van der Waals surface area contributed by atoms with E-state index in [1.165, 1.54) is 49.1 Å². The van der Waals surface area contributed by atoms with Crippen molar-refractivity contribution in [2.24, 2.45) is 13.0 Å². The lowest BCUT2D eigenvalue weighted by Gasteiger charge is -2.28. The Kier molecular flexibility index (Phi) is 4.44. The zero-order valence-corrected chi connectivity index (χ0v) is 12.3. The Balaban J connectivity index is 1.90. The summed E-state index contributed by atoms with van der Waals surface area (Å²) in [5.41, 5.74) is 3.83. The van der Waals surface area contributed by atoms with Crippen molar-refractivity contribution in [3.63, 3.8) is 0 Å². The number of hydrogen-bond donors (Lipinski definition) is 1. The smallest absolute Gasteiger partial charge is 0.0641 e. The molecule has 1 aliphatic carbocycles. The van der Waals surface area contributed by atoms with Crippen LogP contribution in [0.1, 0.15) is 56.0 Å². The molecule has 0 aromatic carbocycles. The van der Waals surface area contributed by atoms with E-state index in [2.05, 4.69) is 31.2 Å². The van der Waals surface area contributed by atoms with Crippen molar-refractivity contribution in [1.29, 1.82) is 0 Å². The molecular weight excluding hydrogens is 222 g/mol. The lowest BCUT2D eigenvalue weighted by Crippen LogP contribution is -2.34. The second-order valence-electron chi connectivity index (χ2n) is 5.84. The van der Waals surface area contributed by atoms with E-state index in [1.54, 1.807) is 0 Å². The third-order valence-corrected chi connectivity index (χ3v) is 4.62. The molecule has 0 saturated heterocycles. The second kappa shape index (κ2) is 5.87. The Morgan fingerprint density at radius 3 is 2.50 bits per heavy atom. The Hall–Kier alpha value is -0.830. The lowest BCUT2D eigenvalue weighted by atomic mass is 9.84. The van der Waals surface area contributed by atoms with Gasteiger partial charge in [-0.05, 0) is 39.5 Å². The summed E-state index contributed by atoms with van der Waals surface area (Å²) in [6.45, 7) is 7.57. The molecule has 1 saturated carbocycles. The summed E-state index contributed by atoms with van der Waals surface area (Å²) in [7, 11) is 2.02. The monoisotopic (exact) mass is 249 g/mol. The van der Waals surface area contributed by atoms with Gasteiger partial charge in [0.2, 0.25) is 0 Å². The number of rotatable bonds is 4. The number of aryl methyl sites for hydroxylation is 2. The number of hydrogen-bond acceptors (Lipinski definition) is 2. The van der Waals surface area contributed by atoms with E-state index in [0.717, 1.165) is 12.5 Å². The lowest BCUT2D eigenvalue weighted by molar-refractivity contribution is 0.280. The summed E-state index contributed by atoms with van der Waals surface area (Å²) in [5.74, 6) is 0.871. The fraction of sp³-hybridized carbons (Fsp3) is 0.800. The van der Waals surface area contributed by atoms with Crippen LogP contribution in [0.2, 0.25) is 0 Å². The molecule has 0 amide bonds. The van der Waals surface area contributed by atoms with Gasteiger partial charge < -0.3 is 5.32 Å². The maximum atomic E-state index is 4.48. The average molecular weight is 249 g/mol. The van der Waals surface area contributed by atoms with Crippen molar-refractivity contribution in [2.75, 3.05) is 0 Å². The first-order valence-electron chi connectivity index (χ1n) is 7.32. The van der Waals surface area contributed by atoms with Crippen LogP contribution in [-0.4, -0.2) is 15.8 Å². The van der Waals surface area contributed by atoms with Crippen LogP contribution in [0, 0.1) is 19.8 Å². The zero-order chi connectivity index (χ0) is 13.1. The van der Waals surface area contributed by atoms with Crippen molar-refractivity contribution in [2.45, 2.75) is 65.5 Å². The van der Waals surface area contributed by atoms with Crippen LogP contribution >= 0.6 is 0 Å². The molecule has 0 radical (unpaired) electrons. The quantitative estimate of drug-likeness (QED) is 0.888. The molecular formula is C15H27N3. The molecule has 1 aromatic heterocycles. The Morgan fingerprint density at radius 2 is 1.94 bits per heavy atom. The second-order valence-corrected chi connectivity index (χ2v) is 5.84. The van der Waals surface area contributed by atoms with Gasteiger partial charge in [-0.1, -0.05) is 19.3 Å². The molecule has 102 valence electrons. The first-order valence-corrected chi connectivity index (χ1v) is 7.32. The Morgan fingerprint density at radius 1 is 1.28 bits per heavy atom. The van der Waals surface area contributed by atoms with Crippen LogP contribution in [0.25, 0.3) is 0 Å². The van der Waals surface area contributed by atoms with Crippen LogP contribution < -0.4 is 5.32 Å². The number of aromatic nitrogens is 2. The maximum absolute atomic E-state index is 4.48. The van der Waals surface area contributed by atoms with Gasteiger partial charge in [0, 0.05) is 30.9 Å². The number of nitrogens with one attached hydrogen (secondary N) is 1. The van der Waals surface area contributed by atoms with E-state index in [1.807, 2.05) is 11.7 Å². The first-order chi connectivity index (χ1) is 8.59. The predicted molar refractivity (Wildman–Crippen MR) is 75.6 cm³/mol. The molecule has 0 bridgehead atoms. The van der Waals surface area contributed by atoms with Crippen LogP contribution in [0.5, 0.6) is 0 Å². The van der Waals surface area contributed by atoms with Gasteiger partial charge in [-0.3, -0.25) is 4.68 Å². The SMILES string of the molecule is Cc1nn(C)c(C)c1CN[C@@H](C)C1CCCCC1. The van der Waals surface area contributed by atoms with Crippen LogP contribution in [0.3, 0.4) is 0 Å². The van der Waals surface area contributed by atoms with E-state index in [4.69, 9.17) is 0 Å².